The fourth-order valence-electron chi connectivity index (χ4n) is 8.96. The van der Waals surface area contributed by atoms with Crippen LogP contribution < -0.4 is 4.90 Å². The number of hydrogen-bond donors (Lipinski definition) is 0. The van der Waals surface area contributed by atoms with E-state index in [2.05, 4.69) is 210 Å². The molecule has 0 bridgehead atoms. The first-order chi connectivity index (χ1) is 28.3. The molecule has 3 nitrogen and oxygen atoms in total. The smallest absolute Gasteiger partial charge is 0.143 e. The Morgan fingerprint density at radius 3 is 1.98 bits per heavy atom. The number of anilines is 3. The van der Waals surface area contributed by atoms with E-state index in [4.69, 9.17) is 4.42 Å². The van der Waals surface area contributed by atoms with Gasteiger partial charge in [-0.1, -0.05) is 158 Å². The van der Waals surface area contributed by atoms with Gasteiger partial charge in [0.25, 0.3) is 0 Å². The minimum atomic E-state index is 0.898. The quantitative estimate of drug-likeness (QED) is 0.163. The number of nitrogens with zero attached hydrogens (tertiary/aromatic N) is 2. The highest BCUT2D eigenvalue weighted by Crippen LogP contribution is 2.47. The maximum atomic E-state index is 6.56. The maximum Gasteiger partial charge on any atom is 0.143 e. The van der Waals surface area contributed by atoms with Crippen molar-refractivity contribution in [2.45, 2.75) is 12.8 Å². The lowest BCUT2D eigenvalue weighted by Gasteiger charge is -2.30. The topological polar surface area (TPSA) is 21.3 Å². The van der Waals surface area contributed by atoms with Gasteiger partial charge in [-0.3, -0.25) is 0 Å². The third kappa shape index (κ3) is 5.50. The summed E-state index contributed by atoms with van der Waals surface area (Å²) in [5.74, 6) is 0. The van der Waals surface area contributed by atoms with Gasteiger partial charge in [-0.25, -0.2) is 0 Å². The Labute approximate surface area is 332 Å². The molecule has 0 aliphatic heterocycles. The molecule has 0 saturated carbocycles. The summed E-state index contributed by atoms with van der Waals surface area (Å²) in [5, 5.41) is 3.58. The first kappa shape index (κ1) is 33.0. The minimum absolute atomic E-state index is 0.898. The van der Waals surface area contributed by atoms with Crippen molar-refractivity contribution in [2.24, 2.45) is 0 Å². The lowest BCUT2D eigenvalue weighted by molar-refractivity contribution is 0.670. The lowest BCUT2D eigenvalue weighted by Crippen LogP contribution is -2.13. The molecule has 0 spiro atoms. The normalized spacial score (nSPS) is 12.4. The Hall–Kier alpha value is -7.36. The number of para-hydroxylation sites is 6. The molecule has 0 unspecified atom stereocenters. The van der Waals surface area contributed by atoms with Crippen LogP contribution in [0, 0.1) is 0 Å². The highest BCUT2D eigenvalue weighted by molar-refractivity contribution is 6.10. The lowest BCUT2D eigenvalue weighted by atomic mass is 9.96. The van der Waals surface area contributed by atoms with Crippen LogP contribution >= 0.6 is 0 Å². The zero-order valence-corrected chi connectivity index (χ0v) is 31.3. The predicted molar refractivity (Wildman–Crippen MR) is 239 cm³/mol. The zero-order valence-electron chi connectivity index (χ0n) is 31.3. The van der Waals surface area contributed by atoms with Gasteiger partial charge in [0, 0.05) is 49.8 Å². The molecule has 1 aliphatic rings. The summed E-state index contributed by atoms with van der Waals surface area (Å²) in [6, 6.07) is 69.8. The summed E-state index contributed by atoms with van der Waals surface area (Å²) in [4.78, 5) is 2.44. The van der Waals surface area contributed by atoms with E-state index in [1.807, 2.05) is 6.07 Å². The fourth-order valence-corrected chi connectivity index (χ4v) is 8.96. The second kappa shape index (κ2) is 13.7. The third-order valence-electron chi connectivity index (χ3n) is 11.5. The Bertz CT molecular complexity index is 3150. The molecule has 57 heavy (non-hydrogen) atoms. The molecule has 0 atom stereocenters. The van der Waals surface area contributed by atoms with Crippen molar-refractivity contribution in [2.75, 3.05) is 4.90 Å². The largest absolute Gasteiger partial charge is 0.455 e. The van der Waals surface area contributed by atoms with Crippen molar-refractivity contribution >= 4 is 56.0 Å². The van der Waals surface area contributed by atoms with Gasteiger partial charge in [0.1, 0.15) is 11.2 Å². The molecule has 8 aromatic carbocycles. The van der Waals surface area contributed by atoms with E-state index in [1.165, 1.54) is 27.7 Å². The van der Waals surface area contributed by atoms with Crippen molar-refractivity contribution in [1.29, 1.82) is 0 Å². The first-order valence-electron chi connectivity index (χ1n) is 19.7. The molecule has 1 aliphatic carbocycles. The van der Waals surface area contributed by atoms with Crippen LogP contribution in [0.5, 0.6) is 0 Å². The van der Waals surface area contributed by atoms with E-state index in [0.717, 1.165) is 85.3 Å². The SMILES string of the molecule is C1=Cc2c(c3ccccc3n2-c2ccccc2-c2ccccc2N(c2cccc(-c3cccc4c3oc3ccccc34)c2)c2ccccc2-c2ccccc2)CC1. The van der Waals surface area contributed by atoms with Gasteiger partial charge in [0.15, 0.2) is 0 Å². The Morgan fingerprint density at radius 2 is 1.11 bits per heavy atom. The second-order valence-electron chi connectivity index (χ2n) is 14.7. The van der Waals surface area contributed by atoms with Crippen LogP contribution in [0.25, 0.3) is 78.0 Å². The van der Waals surface area contributed by atoms with Crippen molar-refractivity contribution in [3.05, 3.63) is 211 Å². The average molecular weight is 731 g/mol. The van der Waals surface area contributed by atoms with Gasteiger partial charge in [-0.15, -0.1) is 0 Å². The zero-order chi connectivity index (χ0) is 37.7. The summed E-state index contributed by atoms with van der Waals surface area (Å²) in [6.07, 6.45) is 6.73. The number of furan rings is 1. The molecular weight excluding hydrogens is 693 g/mol. The number of aryl methyl sites for hydroxylation is 1. The van der Waals surface area contributed by atoms with E-state index in [-0.39, 0.29) is 0 Å². The van der Waals surface area contributed by atoms with Crippen LogP contribution in [0.15, 0.2) is 205 Å². The minimum Gasteiger partial charge on any atom is -0.455 e. The molecule has 0 radical (unpaired) electrons. The van der Waals surface area contributed by atoms with Crippen molar-refractivity contribution in [1.82, 2.24) is 4.57 Å². The third-order valence-corrected chi connectivity index (χ3v) is 11.5. The van der Waals surface area contributed by atoms with Crippen LogP contribution in [0.3, 0.4) is 0 Å². The number of fused-ring (bicyclic) bond motifs is 6. The summed E-state index contributed by atoms with van der Waals surface area (Å²) < 4.78 is 9.03. The molecule has 0 amide bonds. The average Bonchev–Trinajstić information content (AvgIpc) is 3.83. The Morgan fingerprint density at radius 1 is 0.474 bits per heavy atom. The summed E-state index contributed by atoms with van der Waals surface area (Å²) >= 11 is 0. The van der Waals surface area contributed by atoms with Crippen molar-refractivity contribution in [3.63, 3.8) is 0 Å². The van der Waals surface area contributed by atoms with Crippen molar-refractivity contribution < 1.29 is 4.42 Å². The molecule has 3 heteroatoms. The van der Waals surface area contributed by atoms with Gasteiger partial charge in [-0.05, 0) is 78.1 Å². The molecule has 2 aromatic heterocycles. The number of allylic oxidation sites excluding steroid dienone is 1. The Balaban J connectivity index is 1.15. The van der Waals surface area contributed by atoms with Crippen LogP contribution in [0.2, 0.25) is 0 Å². The molecule has 0 saturated heterocycles. The van der Waals surface area contributed by atoms with E-state index in [0.29, 0.717) is 0 Å². The van der Waals surface area contributed by atoms with Gasteiger partial charge in [0.05, 0.1) is 22.6 Å². The number of aromatic nitrogens is 1. The number of hydrogen-bond acceptors (Lipinski definition) is 2. The van der Waals surface area contributed by atoms with Gasteiger partial charge in [-0.2, -0.15) is 0 Å². The molecule has 2 heterocycles. The standard InChI is InChI=1S/C54H38N2O/c1-2-18-37(19-3-1)40-22-4-10-30-48(40)55(39-21-16-20-38(36-39)41-28-17-29-47-46-27-9-15-35-53(46)57-54(41)47)49-31-11-5-23-42(49)43-24-6-12-32-50(43)56-51-33-13-7-25-44(51)45-26-8-14-34-52(45)56/h1-7,9-25,27-36H,8,26H2. The highest BCUT2D eigenvalue weighted by atomic mass is 16.3. The van der Waals surface area contributed by atoms with E-state index < -0.39 is 0 Å². The van der Waals surface area contributed by atoms with Crippen LogP contribution in [0.4, 0.5) is 17.1 Å². The number of rotatable bonds is 7. The fraction of sp³-hybridized carbons (Fsp3) is 0.0370. The molecule has 0 N–H and O–H groups in total. The monoisotopic (exact) mass is 730 g/mol. The van der Waals surface area contributed by atoms with Crippen LogP contribution in [0.1, 0.15) is 17.7 Å². The van der Waals surface area contributed by atoms with E-state index in [9.17, 15) is 0 Å². The highest BCUT2D eigenvalue weighted by Gasteiger charge is 2.25. The van der Waals surface area contributed by atoms with Gasteiger partial charge >= 0.3 is 0 Å². The Kier molecular flexibility index (Phi) is 7.96. The predicted octanol–water partition coefficient (Wildman–Crippen LogP) is 15.0. The first-order valence-corrected chi connectivity index (χ1v) is 19.7. The van der Waals surface area contributed by atoms with Crippen molar-refractivity contribution in [3.8, 4) is 39.1 Å². The summed E-state index contributed by atoms with van der Waals surface area (Å²) in [5.41, 5.74) is 16.9. The van der Waals surface area contributed by atoms with E-state index in [1.54, 1.807) is 0 Å². The maximum absolute atomic E-state index is 6.56. The molecule has 270 valence electrons. The second-order valence-corrected chi connectivity index (χ2v) is 14.7. The summed E-state index contributed by atoms with van der Waals surface area (Å²) in [6.45, 7) is 0. The molecule has 11 rings (SSSR count). The van der Waals surface area contributed by atoms with Gasteiger partial charge < -0.3 is 13.9 Å². The molecule has 0 fully saturated rings. The molecular formula is C54H38N2O. The van der Waals surface area contributed by atoms with Crippen LogP contribution in [-0.4, -0.2) is 4.57 Å². The molecule has 10 aromatic rings. The van der Waals surface area contributed by atoms with Gasteiger partial charge in [0.2, 0.25) is 0 Å². The summed E-state index contributed by atoms with van der Waals surface area (Å²) in [7, 11) is 0. The van der Waals surface area contributed by atoms with Crippen LogP contribution in [-0.2, 0) is 6.42 Å². The number of benzene rings is 8. The van der Waals surface area contributed by atoms with E-state index >= 15 is 0 Å².